The van der Waals surface area contributed by atoms with Crippen LogP contribution in [0.4, 0.5) is 0 Å². The van der Waals surface area contributed by atoms with Gasteiger partial charge in [-0.05, 0) is 30.5 Å². The number of nitrogens with zero attached hydrogens (tertiary/aromatic N) is 3. The van der Waals surface area contributed by atoms with Crippen LogP contribution in [0.25, 0.3) is 21.8 Å². The lowest BCUT2D eigenvalue weighted by Gasteiger charge is -2.19. The maximum absolute atomic E-state index is 13.1. The van der Waals surface area contributed by atoms with Gasteiger partial charge in [0, 0.05) is 29.4 Å². The molecule has 0 spiro atoms. The van der Waals surface area contributed by atoms with E-state index in [0.717, 1.165) is 21.9 Å². The van der Waals surface area contributed by atoms with E-state index in [1.165, 1.54) is 4.68 Å². The molecule has 30 heavy (non-hydrogen) atoms. The predicted octanol–water partition coefficient (Wildman–Crippen LogP) is 3.85. The Morgan fingerprint density at radius 3 is 2.63 bits per heavy atom. The van der Waals surface area contributed by atoms with Crippen molar-refractivity contribution in [3.63, 3.8) is 0 Å². The third-order valence-electron chi connectivity index (χ3n) is 5.46. The fourth-order valence-corrected chi connectivity index (χ4v) is 4.17. The number of rotatable bonds is 6. The smallest absolute Gasteiger partial charge is 0.291 e. The van der Waals surface area contributed by atoms with Gasteiger partial charge in [0.25, 0.3) is 5.56 Å². The van der Waals surface area contributed by atoms with Crippen LogP contribution in [0, 0.1) is 0 Å². The van der Waals surface area contributed by atoms with Crippen molar-refractivity contribution in [2.75, 3.05) is 6.54 Å². The lowest BCUT2D eigenvalue weighted by Crippen LogP contribution is -2.34. The van der Waals surface area contributed by atoms with Gasteiger partial charge >= 0.3 is 0 Å². The van der Waals surface area contributed by atoms with Gasteiger partial charge in [-0.2, -0.15) is 5.10 Å². The lowest BCUT2D eigenvalue weighted by atomic mass is 10.1. The maximum atomic E-state index is 13.1. The molecule has 0 aliphatic carbocycles. The molecule has 154 valence electrons. The summed E-state index contributed by atoms with van der Waals surface area (Å²) in [5, 5.41) is 9.56. The molecule has 0 fully saturated rings. The first-order chi connectivity index (χ1) is 14.5. The minimum atomic E-state index is -0.506. The zero-order chi connectivity index (χ0) is 21.3. The van der Waals surface area contributed by atoms with Crippen molar-refractivity contribution in [1.29, 1.82) is 0 Å². The minimum absolute atomic E-state index is 0.119. The van der Waals surface area contributed by atoms with Crippen LogP contribution >= 0.6 is 11.6 Å². The van der Waals surface area contributed by atoms with Crippen LogP contribution in [0.15, 0.2) is 59.5 Å². The molecule has 1 unspecified atom stereocenters. The molecule has 1 amide bonds. The summed E-state index contributed by atoms with van der Waals surface area (Å²) in [4.78, 5) is 26.1. The molecule has 6 nitrogen and oxygen atoms in total. The average Bonchev–Trinajstić information content (AvgIpc) is 3.08. The van der Waals surface area contributed by atoms with E-state index in [4.69, 9.17) is 11.6 Å². The highest BCUT2D eigenvalue weighted by Gasteiger charge is 2.25. The Balaban J connectivity index is 1.70. The standard InChI is InChI=1S/C23H23ClN4O2/c1-3-19(22(29)25-13-12-15-8-4-6-10-18(15)24)28-20-11-7-5-9-16(20)17-14-26-27(2)23(30)21(17)28/h4-11,14,19H,3,12-13H2,1-2H3,(H,25,29). The average molecular weight is 423 g/mol. The highest BCUT2D eigenvalue weighted by Crippen LogP contribution is 2.30. The number of hydrogen-bond acceptors (Lipinski definition) is 3. The molecule has 2 aromatic carbocycles. The Bertz CT molecular complexity index is 1290. The van der Waals surface area contributed by atoms with Gasteiger partial charge in [0.1, 0.15) is 11.6 Å². The van der Waals surface area contributed by atoms with Crippen molar-refractivity contribution in [2.24, 2.45) is 7.05 Å². The summed E-state index contributed by atoms with van der Waals surface area (Å²) in [6.45, 7) is 2.42. The van der Waals surface area contributed by atoms with Gasteiger partial charge in [-0.15, -0.1) is 0 Å². The monoisotopic (exact) mass is 422 g/mol. The molecule has 4 aromatic rings. The molecule has 4 rings (SSSR count). The van der Waals surface area contributed by atoms with Crippen molar-refractivity contribution in [2.45, 2.75) is 25.8 Å². The van der Waals surface area contributed by atoms with Gasteiger partial charge in [-0.3, -0.25) is 9.59 Å². The number of fused-ring (bicyclic) bond motifs is 3. The van der Waals surface area contributed by atoms with Gasteiger partial charge in [0.05, 0.1) is 11.7 Å². The zero-order valence-corrected chi connectivity index (χ0v) is 17.7. The number of para-hydroxylation sites is 1. The molecule has 0 saturated carbocycles. The van der Waals surface area contributed by atoms with Crippen molar-refractivity contribution in [3.8, 4) is 0 Å². The first kappa shape index (κ1) is 20.2. The van der Waals surface area contributed by atoms with Crippen molar-refractivity contribution < 1.29 is 4.79 Å². The van der Waals surface area contributed by atoms with Crippen LogP contribution in [-0.4, -0.2) is 26.8 Å². The van der Waals surface area contributed by atoms with Crippen molar-refractivity contribution in [1.82, 2.24) is 19.7 Å². The van der Waals surface area contributed by atoms with Crippen LogP contribution in [0.5, 0.6) is 0 Å². The summed E-state index contributed by atoms with van der Waals surface area (Å²) in [5.74, 6) is -0.119. The molecule has 2 heterocycles. The molecular formula is C23H23ClN4O2. The normalized spacial score (nSPS) is 12.4. The van der Waals surface area contributed by atoms with E-state index in [9.17, 15) is 9.59 Å². The molecular weight excluding hydrogens is 400 g/mol. The second kappa shape index (κ2) is 8.32. The summed E-state index contributed by atoms with van der Waals surface area (Å²) in [6, 6.07) is 14.8. The lowest BCUT2D eigenvalue weighted by molar-refractivity contribution is -0.124. The first-order valence-electron chi connectivity index (χ1n) is 9.99. The topological polar surface area (TPSA) is 68.9 Å². The van der Waals surface area contributed by atoms with E-state index in [0.29, 0.717) is 29.9 Å². The Hall–Kier alpha value is -3.12. The maximum Gasteiger partial charge on any atom is 0.291 e. The Labute approximate surface area is 179 Å². The minimum Gasteiger partial charge on any atom is -0.354 e. The van der Waals surface area contributed by atoms with E-state index in [2.05, 4.69) is 10.4 Å². The largest absolute Gasteiger partial charge is 0.354 e. The number of benzene rings is 2. The second-order valence-electron chi connectivity index (χ2n) is 7.28. The van der Waals surface area contributed by atoms with Crippen LogP contribution in [0.2, 0.25) is 5.02 Å². The van der Waals surface area contributed by atoms with E-state index in [-0.39, 0.29) is 11.5 Å². The molecule has 2 aromatic heterocycles. The summed E-state index contributed by atoms with van der Waals surface area (Å²) in [5.41, 5.74) is 2.13. The summed E-state index contributed by atoms with van der Waals surface area (Å²) in [6.07, 6.45) is 2.88. The molecule has 0 aliphatic rings. The molecule has 0 bridgehead atoms. The third kappa shape index (κ3) is 3.48. The number of halogens is 1. The predicted molar refractivity (Wildman–Crippen MR) is 120 cm³/mol. The van der Waals surface area contributed by atoms with Crippen molar-refractivity contribution in [3.05, 3.63) is 75.7 Å². The van der Waals surface area contributed by atoms with Crippen LogP contribution < -0.4 is 10.9 Å². The fourth-order valence-electron chi connectivity index (χ4n) is 3.94. The van der Waals surface area contributed by atoms with Gasteiger partial charge in [0.15, 0.2) is 0 Å². The highest BCUT2D eigenvalue weighted by atomic mass is 35.5. The number of aromatic nitrogens is 3. The quantitative estimate of drug-likeness (QED) is 0.513. The number of hydrogen-bond donors (Lipinski definition) is 1. The van der Waals surface area contributed by atoms with Crippen LogP contribution in [0.1, 0.15) is 24.9 Å². The molecule has 0 saturated heterocycles. The van der Waals surface area contributed by atoms with E-state index >= 15 is 0 Å². The SMILES string of the molecule is CCC(C(=O)NCCc1ccccc1Cl)n1c2ccccc2c2cnn(C)c(=O)c21. The van der Waals surface area contributed by atoms with Crippen molar-refractivity contribution >= 4 is 39.3 Å². The molecule has 1 atom stereocenters. The van der Waals surface area contributed by atoms with E-state index in [1.54, 1.807) is 13.2 Å². The number of aryl methyl sites for hydroxylation is 1. The number of nitrogens with one attached hydrogen (secondary N) is 1. The van der Waals surface area contributed by atoms with Gasteiger partial charge in [0.2, 0.25) is 5.91 Å². The summed E-state index contributed by atoms with van der Waals surface area (Å²) in [7, 11) is 1.62. The highest BCUT2D eigenvalue weighted by molar-refractivity contribution is 6.31. The van der Waals surface area contributed by atoms with Gasteiger partial charge < -0.3 is 9.88 Å². The Kier molecular flexibility index (Phi) is 5.59. The van der Waals surface area contributed by atoms with Crippen LogP contribution in [0.3, 0.4) is 0 Å². The molecule has 1 N–H and O–H groups in total. The third-order valence-corrected chi connectivity index (χ3v) is 5.83. The van der Waals surface area contributed by atoms with E-state index in [1.807, 2.05) is 60.0 Å². The Morgan fingerprint density at radius 1 is 1.13 bits per heavy atom. The number of carbonyl (C=O) groups excluding carboxylic acids is 1. The second-order valence-corrected chi connectivity index (χ2v) is 7.69. The van der Waals surface area contributed by atoms with Gasteiger partial charge in [-0.1, -0.05) is 54.9 Å². The Morgan fingerprint density at radius 2 is 1.87 bits per heavy atom. The molecule has 7 heteroatoms. The van der Waals surface area contributed by atoms with Gasteiger partial charge in [-0.25, -0.2) is 4.68 Å². The number of amides is 1. The molecule has 0 radical (unpaired) electrons. The first-order valence-corrected chi connectivity index (χ1v) is 10.4. The summed E-state index contributed by atoms with van der Waals surface area (Å²) >= 11 is 6.21. The zero-order valence-electron chi connectivity index (χ0n) is 16.9. The van der Waals surface area contributed by atoms with Crippen LogP contribution in [-0.2, 0) is 18.3 Å². The number of carbonyl (C=O) groups is 1. The summed E-state index contributed by atoms with van der Waals surface area (Å²) < 4.78 is 3.17. The fraction of sp³-hybridized carbons (Fsp3) is 0.261. The van der Waals surface area contributed by atoms with E-state index < -0.39 is 6.04 Å². The molecule has 0 aliphatic heterocycles.